The molecule has 1 aliphatic rings. The number of carbonyl (C=O) groups is 1. The van der Waals surface area contributed by atoms with Gasteiger partial charge in [-0.15, -0.1) is 11.3 Å². The van der Waals surface area contributed by atoms with Crippen molar-refractivity contribution in [2.75, 3.05) is 26.2 Å². The molecule has 0 unspecified atom stereocenters. The quantitative estimate of drug-likeness (QED) is 0.689. The van der Waals surface area contributed by atoms with Crippen LogP contribution in [-0.2, 0) is 0 Å². The fourth-order valence-corrected chi connectivity index (χ4v) is 4.29. The van der Waals surface area contributed by atoms with Crippen molar-refractivity contribution in [2.24, 2.45) is 0 Å². The second kappa shape index (κ2) is 8.06. The number of hydrogen-bond donors (Lipinski definition) is 2. The third-order valence-corrected chi connectivity index (χ3v) is 5.93. The predicted octanol–water partition coefficient (Wildman–Crippen LogP) is 2.32. The number of quaternary nitrogens is 1. The van der Waals surface area contributed by atoms with Crippen LogP contribution in [0.3, 0.4) is 0 Å². The van der Waals surface area contributed by atoms with Gasteiger partial charge in [0.1, 0.15) is 11.4 Å². The number of nitrogens with zero attached hydrogens (tertiary/aromatic N) is 2. The minimum absolute atomic E-state index is 0.0644. The molecule has 2 N–H and O–H groups in total. The Morgan fingerprint density at radius 2 is 2.07 bits per heavy atom. The van der Waals surface area contributed by atoms with Crippen LogP contribution in [0.4, 0.5) is 0 Å². The molecule has 1 amide bonds. The zero-order chi connectivity index (χ0) is 18.6. The van der Waals surface area contributed by atoms with Crippen LogP contribution in [0.15, 0.2) is 47.8 Å². The van der Waals surface area contributed by atoms with Gasteiger partial charge >= 0.3 is 0 Å². The summed E-state index contributed by atoms with van der Waals surface area (Å²) in [5.41, 5.74) is 3.47. The van der Waals surface area contributed by atoms with Gasteiger partial charge in [0.15, 0.2) is 0 Å². The Morgan fingerprint density at radius 1 is 1.22 bits per heavy atom. The third kappa shape index (κ3) is 4.12. The number of hydrogen-bond acceptors (Lipinski definition) is 3. The molecule has 0 bridgehead atoms. The van der Waals surface area contributed by atoms with Gasteiger partial charge in [0, 0.05) is 12.8 Å². The first-order valence-corrected chi connectivity index (χ1v) is 10.4. The molecule has 0 aliphatic carbocycles. The van der Waals surface area contributed by atoms with Gasteiger partial charge < -0.3 is 10.2 Å². The summed E-state index contributed by atoms with van der Waals surface area (Å²) in [6.07, 6.45) is 2.60. The summed E-state index contributed by atoms with van der Waals surface area (Å²) in [7, 11) is 0. The number of nitrogens with one attached hydrogen (secondary N) is 2. The van der Waals surface area contributed by atoms with Crippen molar-refractivity contribution in [3.05, 3.63) is 59.1 Å². The van der Waals surface area contributed by atoms with Crippen molar-refractivity contribution in [1.82, 2.24) is 15.1 Å². The summed E-state index contributed by atoms with van der Waals surface area (Å²) in [4.78, 5) is 15.6. The number of likely N-dealkylation sites (tertiary alicyclic amines) is 1. The lowest BCUT2D eigenvalue weighted by molar-refractivity contribution is -0.886. The van der Waals surface area contributed by atoms with E-state index in [1.165, 1.54) is 25.9 Å². The Balaban J connectivity index is 1.58. The Hall–Kier alpha value is -2.44. The van der Waals surface area contributed by atoms with Crippen molar-refractivity contribution in [3.8, 4) is 16.3 Å². The molecule has 3 heterocycles. The van der Waals surface area contributed by atoms with Crippen LogP contribution < -0.4 is 10.2 Å². The molecule has 0 saturated carbocycles. The van der Waals surface area contributed by atoms with Crippen molar-refractivity contribution >= 4 is 17.2 Å². The summed E-state index contributed by atoms with van der Waals surface area (Å²) < 4.78 is 1.76. The lowest BCUT2D eigenvalue weighted by Gasteiger charge is -2.13. The summed E-state index contributed by atoms with van der Waals surface area (Å²) >= 11 is 1.63. The molecule has 3 aromatic rings. The van der Waals surface area contributed by atoms with E-state index in [-0.39, 0.29) is 5.91 Å². The predicted molar refractivity (Wildman–Crippen MR) is 109 cm³/mol. The van der Waals surface area contributed by atoms with E-state index in [0.29, 0.717) is 12.2 Å². The molecular formula is C21H25N4OS+. The standard InChI is InChI=1S/C21H24N4OS/c1-16-6-4-7-17(14-16)25-19(15-18(23-25)20-8-5-13-27-20)21(26)22-9-12-24-10-2-3-11-24/h4-8,13-15H,2-3,9-12H2,1H3,(H,22,26)/p+1. The number of carbonyl (C=O) groups excluding carboxylic acids is 1. The maximum atomic E-state index is 12.9. The maximum Gasteiger partial charge on any atom is 0.270 e. The summed E-state index contributed by atoms with van der Waals surface area (Å²) in [5, 5.41) is 9.85. The van der Waals surface area contributed by atoms with Gasteiger partial charge in [-0.2, -0.15) is 5.10 Å². The zero-order valence-electron chi connectivity index (χ0n) is 15.6. The highest BCUT2D eigenvalue weighted by Crippen LogP contribution is 2.26. The van der Waals surface area contributed by atoms with Gasteiger partial charge in [0.2, 0.25) is 0 Å². The fourth-order valence-electron chi connectivity index (χ4n) is 3.61. The summed E-state index contributed by atoms with van der Waals surface area (Å²) in [6, 6.07) is 14.0. The van der Waals surface area contributed by atoms with Crippen LogP contribution in [0.2, 0.25) is 0 Å². The van der Waals surface area contributed by atoms with Crippen LogP contribution in [0.25, 0.3) is 16.3 Å². The smallest absolute Gasteiger partial charge is 0.270 e. The normalized spacial score (nSPS) is 14.6. The molecule has 6 heteroatoms. The number of thiophene rings is 1. The highest BCUT2D eigenvalue weighted by molar-refractivity contribution is 7.13. The van der Waals surface area contributed by atoms with E-state index in [1.807, 2.05) is 48.7 Å². The van der Waals surface area contributed by atoms with Gasteiger partial charge in [-0.05, 0) is 42.1 Å². The van der Waals surface area contributed by atoms with Crippen LogP contribution in [0.5, 0.6) is 0 Å². The monoisotopic (exact) mass is 381 g/mol. The molecule has 0 atom stereocenters. The fraction of sp³-hybridized carbons (Fsp3) is 0.333. The van der Waals surface area contributed by atoms with E-state index >= 15 is 0 Å². The molecule has 1 fully saturated rings. The Kier molecular flexibility index (Phi) is 5.36. The maximum absolute atomic E-state index is 12.9. The van der Waals surface area contributed by atoms with Crippen LogP contribution in [0.1, 0.15) is 28.9 Å². The van der Waals surface area contributed by atoms with Crippen molar-refractivity contribution < 1.29 is 9.69 Å². The summed E-state index contributed by atoms with van der Waals surface area (Å²) in [6.45, 7) is 6.18. The molecule has 5 nitrogen and oxygen atoms in total. The topological polar surface area (TPSA) is 51.4 Å². The second-order valence-electron chi connectivity index (χ2n) is 7.11. The molecule has 0 radical (unpaired) electrons. The molecule has 1 saturated heterocycles. The van der Waals surface area contributed by atoms with Crippen LogP contribution in [0, 0.1) is 6.92 Å². The number of aromatic nitrogens is 2. The first kappa shape index (κ1) is 17.9. The number of rotatable bonds is 6. The largest absolute Gasteiger partial charge is 0.345 e. The minimum Gasteiger partial charge on any atom is -0.345 e. The molecule has 140 valence electrons. The van der Waals surface area contributed by atoms with Crippen LogP contribution >= 0.6 is 11.3 Å². The van der Waals surface area contributed by atoms with E-state index in [0.717, 1.165) is 28.4 Å². The molecule has 27 heavy (non-hydrogen) atoms. The second-order valence-corrected chi connectivity index (χ2v) is 8.05. The highest BCUT2D eigenvalue weighted by Gasteiger charge is 2.19. The number of benzene rings is 1. The van der Waals surface area contributed by atoms with E-state index < -0.39 is 0 Å². The van der Waals surface area contributed by atoms with E-state index in [1.54, 1.807) is 20.9 Å². The minimum atomic E-state index is -0.0644. The molecule has 0 spiro atoms. The lowest BCUT2D eigenvalue weighted by Crippen LogP contribution is -3.10. The number of amides is 1. The SMILES string of the molecule is Cc1cccc(-n2nc(-c3cccs3)cc2C(=O)NCC[NH+]2CCCC2)c1. The summed E-state index contributed by atoms with van der Waals surface area (Å²) in [5.74, 6) is -0.0644. The number of aryl methyl sites for hydroxylation is 1. The highest BCUT2D eigenvalue weighted by atomic mass is 32.1. The third-order valence-electron chi connectivity index (χ3n) is 5.04. The average Bonchev–Trinajstić information content (AvgIpc) is 3.42. The lowest BCUT2D eigenvalue weighted by atomic mass is 10.2. The Bertz CT molecular complexity index is 910. The molecule has 2 aromatic heterocycles. The van der Waals surface area contributed by atoms with Gasteiger partial charge in [0.05, 0.1) is 36.7 Å². The van der Waals surface area contributed by atoms with Gasteiger partial charge in [-0.1, -0.05) is 18.2 Å². The van der Waals surface area contributed by atoms with Gasteiger partial charge in [-0.25, -0.2) is 4.68 Å². The van der Waals surface area contributed by atoms with Crippen molar-refractivity contribution in [1.29, 1.82) is 0 Å². The van der Waals surface area contributed by atoms with Crippen LogP contribution in [-0.4, -0.2) is 41.9 Å². The van der Waals surface area contributed by atoms with Gasteiger partial charge in [0.25, 0.3) is 5.91 Å². The first-order valence-electron chi connectivity index (χ1n) is 9.53. The molecule has 1 aliphatic heterocycles. The van der Waals surface area contributed by atoms with Crippen molar-refractivity contribution in [3.63, 3.8) is 0 Å². The van der Waals surface area contributed by atoms with Crippen molar-refractivity contribution in [2.45, 2.75) is 19.8 Å². The Labute approximate surface area is 163 Å². The Morgan fingerprint density at radius 3 is 2.81 bits per heavy atom. The molecular weight excluding hydrogens is 356 g/mol. The molecule has 4 rings (SSSR count). The van der Waals surface area contributed by atoms with Gasteiger partial charge in [-0.3, -0.25) is 4.79 Å². The zero-order valence-corrected chi connectivity index (χ0v) is 16.4. The first-order chi connectivity index (χ1) is 13.2. The molecule has 1 aromatic carbocycles. The van der Waals surface area contributed by atoms with E-state index in [9.17, 15) is 4.79 Å². The van der Waals surface area contributed by atoms with E-state index in [4.69, 9.17) is 5.10 Å². The average molecular weight is 382 g/mol. The van der Waals surface area contributed by atoms with E-state index in [2.05, 4.69) is 11.4 Å².